The van der Waals surface area contributed by atoms with Crippen LogP contribution in [0, 0.1) is 16.7 Å². The Bertz CT molecular complexity index is 1060. The van der Waals surface area contributed by atoms with Crippen LogP contribution in [0.5, 0.6) is 11.5 Å². The second-order valence-corrected chi connectivity index (χ2v) is 11.5. The molecule has 6 aliphatic rings. The summed E-state index contributed by atoms with van der Waals surface area (Å²) in [5.41, 5.74) is 1.45. The van der Waals surface area contributed by atoms with E-state index in [4.69, 9.17) is 19.6 Å². The average Bonchev–Trinajstić information content (AvgIpc) is 3.14. The third-order valence-corrected chi connectivity index (χ3v) is 9.75. The van der Waals surface area contributed by atoms with Crippen LogP contribution < -0.4 is 9.47 Å². The summed E-state index contributed by atoms with van der Waals surface area (Å²) in [4.78, 5) is 2.61. The molecule has 1 aromatic rings. The van der Waals surface area contributed by atoms with Gasteiger partial charge in [0.2, 0.25) is 0 Å². The molecule has 2 spiro atoms. The average molecular weight is 453 g/mol. The van der Waals surface area contributed by atoms with Crippen LogP contribution >= 0.6 is 0 Å². The fraction of sp³-hybridized carbons (Fsp3) is 0.667. The zero-order valence-electron chi connectivity index (χ0n) is 20.4. The van der Waals surface area contributed by atoms with Gasteiger partial charge >= 0.3 is 0 Å². The molecule has 2 N–H and O–H groups in total. The number of hydrogen-bond acceptors (Lipinski definition) is 6. The van der Waals surface area contributed by atoms with Crippen molar-refractivity contribution in [3.05, 3.63) is 35.4 Å². The van der Waals surface area contributed by atoms with Crippen LogP contribution in [0.4, 0.5) is 0 Å². The Morgan fingerprint density at radius 3 is 2.76 bits per heavy atom. The lowest BCUT2D eigenvalue weighted by Crippen LogP contribution is -2.80. The number of nitrogens with zero attached hydrogens (tertiary/aromatic N) is 1. The maximum atomic E-state index is 11.4. The largest absolute Gasteiger partial charge is 0.493 e. The van der Waals surface area contributed by atoms with Gasteiger partial charge in [0.05, 0.1) is 18.1 Å². The van der Waals surface area contributed by atoms with Gasteiger partial charge in [0, 0.05) is 42.3 Å². The fourth-order valence-electron chi connectivity index (χ4n) is 8.46. The minimum absolute atomic E-state index is 0.0908. The van der Waals surface area contributed by atoms with E-state index in [1.54, 1.807) is 14.2 Å². The van der Waals surface area contributed by atoms with E-state index >= 15 is 0 Å². The highest BCUT2D eigenvalue weighted by atomic mass is 16.6. The van der Waals surface area contributed by atoms with Crippen LogP contribution in [-0.4, -0.2) is 66.4 Å². The summed E-state index contributed by atoms with van der Waals surface area (Å²) in [7, 11) is 3.48. The first kappa shape index (κ1) is 21.6. The van der Waals surface area contributed by atoms with Crippen molar-refractivity contribution >= 4 is 5.71 Å². The minimum atomic E-state index is -0.914. The first-order valence-corrected chi connectivity index (χ1v) is 12.3. The van der Waals surface area contributed by atoms with E-state index in [2.05, 4.69) is 23.1 Å². The van der Waals surface area contributed by atoms with Gasteiger partial charge in [-0.1, -0.05) is 18.2 Å². The van der Waals surface area contributed by atoms with Crippen LogP contribution in [-0.2, 0) is 16.6 Å². The molecule has 6 atom stereocenters. The predicted molar refractivity (Wildman–Crippen MR) is 127 cm³/mol. The topological polar surface area (TPSA) is 75.0 Å². The lowest BCUT2D eigenvalue weighted by Gasteiger charge is -2.72. The number of piperidine rings is 1. The summed E-state index contributed by atoms with van der Waals surface area (Å²) in [5, 5.41) is 19.4. The third-order valence-electron chi connectivity index (χ3n) is 9.75. The van der Waals surface area contributed by atoms with E-state index in [1.165, 1.54) is 11.1 Å². The van der Waals surface area contributed by atoms with Crippen LogP contribution in [0.3, 0.4) is 0 Å². The van der Waals surface area contributed by atoms with Gasteiger partial charge < -0.3 is 24.7 Å². The van der Waals surface area contributed by atoms with Crippen molar-refractivity contribution in [3.8, 4) is 11.5 Å². The highest BCUT2D eigenvalue weighted by Crippen LogP contribution is 2.75. The molecule has 2 aliphatic heterocycles. The van der Waals surface area contributed by atoms with Gasteiger partial charge in [0.25, 0.3) is 0 Å². The molecule has 4 aliphatic carbocycles. The van der Waals surface area contributed by atoms with Crippen molar-refractivity contribution in [1.29, 1.82) is 5.41 Å². The third kappa shape index (κ3) is 2.37. The van der Waals surface area contributed by atoms with E-state index in [-0.39, 0.29) is 22.9 Å². The molecule has 178 valence electrons. The van der Waals surface area contributed by atoms with Crippen molar-refractivity contribution in [3.63, 3.8) is 0 Å². The SMILES string of the molecule is COc1ccc2c3c1O[C@@H]1[C@]34CCN(CCC(C)=N)[C@H](C2)C42C=C[C@@]1(OC)C(C(C)(C)O)C2. The van der Waals surface area contributed by atoms with E-state index in [9.17, 15) is 5.11 Å². The Labute approximate surface area is 196 Å². The maximum absolute atomic E-state index is 11.4. The van der Waals surface area contributed by atoms with Crippen molar-refractivity contribution in [2.24, 2.45) is 11.3 Å². The standard InChI is InChI=1S/C27H36N2O4/c1-16(28)8-12-29-13-11-26-21-17-6-7-18(31-4)22(21)33-23(26)27(32-5)10-9-25(26,20(29)14-17)15-19(27)24(2,3)30/h6-7,9-10,19-20,23,28,30H,8,11-15H2,1-5H3/t19?,20-,23-,25?,26+,27-/m1/s1. The zero-order chi connectivity index (χ0) is 23.4. The van der Waals surface area contributed by atoms with E-state index in [0.29, 0.717) is 6.04 Å². The normalized spacial score (nSPS) is 39.9. The molecule has 6 heteroatoms. The number of nitrogens with one attached hydrogen (secondary N) is 1. The lowest BCUT2D eigenvalue weighted by molar-refractivity contribution is -0.245. The van der Waals surface area contributed by atoms with Crippen molar-refractivity contribution in [2.45, 2.75) is 75.2 Å². The molecule has 0 radical (unpaired) electrons. The summed E-state index contributed by atoms with van der Waals surface area (Å²) >= 11 is 0. The smallest absolute Gasteiger partial charge is 0.166 e. The molecule has 2 unspecified atom stereocenters. The summed E-state index contributed by atoms with van der Waals surface area (Å²) in [5.74, 6) is 1.58. The number of aliphatic hydroxyl groups is 1. The molecular formula is C27H36N2O4. The Kier molecular flexibility index (Phi) is 4.34. The highest BCUT2D eigenvalue weighted by molar-refractivity contribution is 5.78. The predicted octanol–water partition coefficient (Wildman–Crippen LogP) is 3.49. The highest BCUT2D eigenvalue weighted by Gasteiger charge is 2.80. The number of rotatable bonds is 6. The van der Waals surface area contributed by atoms with Crippen LogP contribution in [0.25, 0.3) is 0 Å². The molecule has 33 heavy (non-hydrogen) atoms. The van der Waals surface area contributed by atoms with Gasteiger partial charge in [-0.3, -0.25) is 4.90 Å². The fourth-order valence-corrected chi connectivity index (χ4v) is 8.46. The van der Waals surface area contributed by atoms with Gasteiger partial charge in [-0.05, 0) is 64.6 Å². The number of likely N-dealkylation sites (tertiary alicyclic amines) is 1. The Morgan fingerprint density at radius 2 is 2.09 bits per heavy atom. The number of hydrogen-bond donors (Lipinski definition) is 2. The number of ether oxygens (including phenoxy) is 3. The lowest BCUT2D eigenvalue weighted by atomic mass is 9.36. The molecule has 1 saturated heterocycles. The van der Waals surface area contributed by atoms with Crippen molar-refractivity contribution in [1.82, 2.24) is 4.90 Å². The molecule has 1 aromatic carbocycles. The van der Waals surface area contributed by atoms with Gasteiger partial charge in [0.1, 0.15) is 11.7 Å². The Balaban J connectivity index is 1.61. The quantitative estimate of drug-likeness (QED) is 0.511. The first-order valence-electron chi connectivity index (χ1n) is 12.3. The van der Waals surface area contributed by atoms with E-state index in [1.807, 2.05) is 26.8 Å². The molecule has 6 nitrogen and oxygen atoms in total. The van der Waals surface area contributed by atoms with Crippen LogP contribution in [0.2, 0.25) is 0 Å². The van der Waals surface area contributed by atoms with E-state index in [0.717, 1.165) is 56.0 Å². The number of fused-ring (bicyclic) bond motifs is 1. The van der Waals surface area contributed by atoms with Crippen molar-refractivity contribution in [2.75, 3.05) is 27.3 Å². The molecular weight excluding hydrogens is 416 g/mol. The minimum Gasteiger partial charge on any atom is -0.493 e. The molecule has 1 saturated carbocycles. The zero-order valence-corrected chi connectivity index (χ0v) is 20.4. The molecule has 7 rings (SSSR count). The van der Waals surface area contributed by atoms with Gasteiger partial charge in [-0.25, -0.2) is 0 Å². The summed E-state index contributed by atoms with van der Waals surface area (Å²) in [6, 6.07) is 4.58. The summed E-state index contributed by atoms with van der Waals surface area (Å²) in [6.45, 7) is 7.62. The number of methoxy groups -OCH3 is 2. The van der Waals surface area contributed by atoms with Gasteiger partial charge in [-0.15, -0.1) is 0 Å². The van der Waals surface area contributed by atoms with E-state index < -0.39 is 11.2 Å². The first-order chi connectivity index (χ1) is 15.6. The monoisotopic (exact) mass is 452 g/mol. The molecule has 0 aromatic heterocycles. The second-order valence-electron chi connectivity index (χ2n) is 11.5. The Hall–Kier alpha value is -1.89. The van der Waals surface area contributed by atoms with Crippen molar-refractivity contribution < 1.29 is 19.3 Å². The van der Waals surface area contributed by atoms with Gasteiger partial charge in [0.15, 0.2) is 11.5 Å². The maximum Gasteiger partial charge on any atom is 0.166 e. The van der Waals surface area contributed by atoms with Crippen LogP contribution in [0.1, 0.15) is 51.2 Å². The molecule has 4 bridgehead atoms. The summed E-state index contributed by atoms with van der Waals surface area (Å²) < 4.78 is 19.1. The van der Waals surface area contributed by atoms with Crippen LogP contribution in [0.15, 0.2) is 24.3 Å². The number of benzene rings is 1. The molecule has 0 amide bonds. The van der Waals surface area contributed by atoms with Gasteiger partial charge in [-0.2, -0.15) is 0 Å². The molecule has 2 heterocycles. The molecule has 2 fully saturated rings. The summed E-state index contributed by atoms with van der Waals surface area (Å²) in [6.07, 6.45) is 8.04. The second kappa shape index (κ2) is 6.61. The Morgan fingerprint density at radius 1 is 1.30 bits per heavy atom.